The van der Waals surface area contributed by atoms with Crippen LogP contribution in [0.15, 0.2) is 18.2 Å². The summed E-state index contributed by atoms with van der Waals surface area (Å²) in [4.78, 5) is 55.0. The number of nitrogens with zero attached hydrogens (tertiary/aromatic N) is 3. The third-order valence-electron chi connectivity index (χ3n) is 6.70. The summed E-state index contributed by atoms with van der Waals surface area (Å²) in [7, 11) is 0. The van der Waals surface area contributed by atoms with Gasteiger partial charge in [-0.25, -0.2) is 0 Å². The number of amides is 3. The minimum Gasteiger partial charge on any atom is -0.322 e. The molecule has 0 spiro atoms. The first-order valence-corrected chi connectivity index (χ1v) is 12.3. The predicted octanol–water partition coefficient (Wildman–Crippen LogP) is 1.42. The van der Waals surface area contributed by atoms with Crippen molar-refractivity contribution in [2.75, 3.05) is 39.3 Å². The van der Waals surface area contributed by atoms with Gasteiger partial charge in [0.2, 0.25) is 11.8 Å². The lowest BCUT2D eigenvalue weighted by Gasteiger charge is -2.33. The Labute approximate surface area is 207 Å². The number of rotatable bonds is 5. The number of hydrogen-bond donors (Lipinski definition) is 1. The number of benzene rings is 1. The number of piperazine rings is 1. The maximum absolute atomic E-state index is 13.0. The van der Waals surface area contributed by atoms with E-state index in [2.05, 4.69) is 47.7 Å². The smallest absolute Gasteiger partial charge is 0.255 e. The van der Waals surface area contributed by atoms with Gasteiger partial charge < -0.3 is 4.90 Å². The molecule has 1 atom stereocenters. The van der Waals surface area contributed by atoms with E-state index in [0.29, 0.717) is 43.8 Å². The molecular weight excluding hydrogens is 444 g/mol. The molecular formula is C27H34N4O4. The van der Waals surface area contributed by atoms with E-state index < -0.39 is 11.9 Å². The minimum atomic E-state index is -0.625. The molecule has 0 bridgehead atoms. The molecule has 3 aliphatic heterocycles. The number of fused-ring (bicyclic) bond motifs is 1. The molecule has 3 amide bonds. The maximum Gasteiger partial charge on any atom is 0.255 e. The number of imide groups is 1. The van der Waals surface area contributed by atoms with Crippen molar-refractivity contribution in [3.8, 4) is 11.8 Å². The molecule has 3 heterocycles. The second-order valence-electron chi connectivity index (χ2n) is 10.9. The summed E-state index contributed by atoms with van der Waals surface area (Å²) >= 11 is 0. The zero-order chi connectivity index (χ0) is 25.2. The van der Waals surface area contributed by atoms with Crippen molar-refractivity contribution >= 4 is 23.5 Å². The lowest BCUT2D eigenvalue weighted by Crippen LogP contribution is -2.52. The molecule has 8 heteroatoms. The van der Waals surface area contributed by atoms with Gasteiger partial charge in [-0.1, -0.05) is 38.7 Å². The summed E-state index contributed by atoms with van der Waals surface area (Å²) in [5.41, 5.74) is 2.25. The van der Waals surface area contributed by atoms with Gasteiger partial charge in [0.05, 0.1) is 13.1 Å². The molecule has 0 radical (unpaired) electrons. The highest BCUT2D eigenvalue weighted by Crippen LogP contribution is 2.29. The fraction of sp³-hybridized carbons (Fsp3) is 0.556. The molecule has 3 aliphatic rings. The van der Waals surface area contributed by atoms with Gasteiger partial charge in [0.25, 0.3) is 5.91 Å². The predicted molar refractivity (Wildman–Crippen MR) is 131 cm³/mol. The highest BCUT2D eigenvalue weighted by molar-refractivity contribution is 6.05. The molecule has 1 aromatic rings. The topological polar surface area (TPSA) is 90.0 Å². The second kappa shape index (κ2) is 10.3. The van der Waals surface area contributed by atoms with Gasteiger partial charge in [-0.05, 0) is 29.5 Å². The lowest BCUT2D eigenvalue weighted by molar-refractivity contribution is -0.137. The Morgan fingerprint density at radius 3 is 2.49 bits per heavy atom. The monoisotopic (exact) mass is 478 g/mol. The first-order valence-electron chi connectivity index (χ1n) is 12.3. The van der Waals surface area contributed by atoms with E-state index in [1.807, 2.05) is 12.1 Å². The zero-order valence-corrected chi connectivity index (χ0v) is 20.9. The summed E-state index contributed by atoms with van der Waals surface area (Å²) in [6.07, 6.45) is 1.18. The van der Waals surface area contributed by atoms with Crippen molar-refractivity contribution in [2.24, 2.45) is 5.41 Å². The van der Waals surface area contributed by atoms with Crippen LogP contribution in [0.2, 0.25) is 0 Å². The van der Waals surface area contributed by atoms with Gasteiger partial charge in [0.1, 0.15) is 11.8 Å². The van der Waals surface area contributed by atoms with Crippen molar-refractivity contribution < 1.29 is 19.2 Å². The lowest BCUT2D eigenvalue weighted by atomic mass is 9.90. The fourth-order valence-electron chi connectivity index (χ4n) is 4.95. The number of piperidine rings is 1. The van der Waals surface area contributed by atoms with Gasteiger partial charge in [-0.15, -0.1) is 0 Å². The van der Waals surface area contributed by atoms with Gasteiger partial charge >= 0.3 is 0 Å². The third-order valence-corrected chi connectivity index (χ3v) is 6.70. The van der Waals surface area contributed by atoms with Crippen molar-refractivity contribution in [2.45, 2.75) is 52.6 Å². The molecule has 2 saturated heterocycles. The summed E-state index contributed by atoms with van der Waals surface area (Å²) in [6.45, 7) is 11.2. The molecule has 0 aromatic heterocycles. The zero-order valence-electron chi connectivity index (χ0n) is 20.9. The molecule has 4 rings (SSSR count). The van der Waals surface area contributed by atoms with Crippen molar-refractivity contribution in [1.82, 2.24) is 20.0 Å². The van der Waals surface area contributed by atoms with Crippen LogP contribution in [0.3, 0.4) is 0 Å². The molecule has 1 aromatic carbocycles. The van der Waals surface area contributed by atoms with E-state index in [4.69, 9.17) is 0 Å². The van der Waals surface area contributed by atoms with E-state index in [1.54, 1.807) is 11.0 Å². The quantitative estimate of drug-likeness (QED) is 0.509. The Kier molecular flexibility index (Phi) is 7.39. The first kappa shape index (κ1) is 25.1. The summed E-state index contributed by atoms with van der Waals surface area (Å²) in [5.74, 6) is 5.89. The van der Waals surface area contributed by atoms with Crippen molar-refractivity contribution in [3.63, 3.8) is 0 Å². The van der Waals surface area contributed by atoms with Crippen LogP contribution in [0.4, 0.5) is 0 Å². The largest absolute Gasteiger partial charge is 0.322 e. The van der Waals surface area contributed by atoms with Crippen LogP contribution in [0.25, 0.3) is 0 Å². The molecule has 186 valence electrons. The van der Waals surface area contributed by atoms with Crippen LogP contribution in [-0.4, -0.2) is 83.5 Å². The Hall–Kier alpha value is -3.02. The molecule has 0 aliphatic carbocycles. The van der Waals surface area contributed by atoms with Crippen LogP contribution in [0, 0.1) is 17.3 Å². The van der Waals surface area contributed by atoms with E-state index in [0.717, 1.165) is 37.3 Å². The van der Waals surface area contributed by atoms with Gasteiger partial charge in [0, 0.05) is 56.7 Å². The Morgan fingerprint density at radius 2 is 1.80 bits per heavy atom. The standard InChI is InChI=1S/C27H34N4O4/c1-27(2,3)16-20(32)17-30-14-12-29(13-15-30)11-5-7-19-6-4-8-21-22(19)18-31(26(21)35)23-9-10-24(33)28-25(23)34/h4,6,8,23H,9-18H2,1-3H3,(H,28,33,34). The molecule has 1 N–H and O–H groups in total. The fourth-order valence-corrected chi connectivity index (χ4v) is 4.95. The average Bonchev–Trinajstić information content (AvgIpc) is 3.11. The Balaban J connectivity index is 1.32. The van der Waals surface area contributed by atoms with Gasteiger partial charge in [-0.2, -0.15) is 0 Å². The number of nitrogens with one attached hydrogen (secondary N) is 1. The molecule has 35 heavy (non-hydrogen) atoms. The highest BCUT2D eigenvalue weighted by atomic mass is 16.2. The van der Waals surface area contributed by atoms with E-state index in [9.17, 15) is 19.2 Å². The Morgan fingerprint density at radius 1 is 1.09 bits per heavy atom. The number of hydrogen-bond acceptors (Lipinski definition) is 6. The van der Waals surface area contributed by atoms with Crippen molar-refractivity contribution in [3.05, 3.63) is 34.9 Å². The highest BCUT2D eigenvalue weighted by Gasteiger charge is 2.39. The number of ketones is 1. The molecule has 1 unspecified atom stereocenters. The van der Waals surface area contributed by atoms with Crippen LogP contribution in [-0.2, 0) is 20.9 Å². The van der Waals surface area contributed by atoms with Crippen molar-refractivity contribution in [1.29, 1.82) is 0 Å². The van der Waals surface area contributed by atoms with Gasteiger partial charge in [0.15, 0.2) is 0 Å². The Bertz CT molecular complexity index is 1090. The summed E-state index contributed by atoms with van der Waals surface area (Å²) in [6, 6.07) is 4.88. The van der Waals surface area contributed by atoms with E-state index in [-0.39, 0.29) is 23.7 Å². The van der Waals surface area contributed by atoms with Crippen LogP contribution < -0.4 is 5.32 Å². The number of carbonyl (C=O) groups is 4. The van der Waals surface area contributed by atoms with Crippen LogP contribution in [0.1, 0.15) is 61.5 Å². The SMILES string of the molecule is CC(C)(C)CC(=O)CN1CCN(CC#Cc2cccc3c2CN(C2CCC(=O)NC2=O)C3=O)CC1. The van der Waals surface area contributed by atoms with Crippen LogP contribution in [0.5, 0.6) is 0 Å². The van der Waals surface area contributed by atoms with Gasteiger partial charge in [-0.3, -0.25) is 34.3 Å². The molecule has 8 nitrogen and oxygen atoms in total. The second-order valence-corrected chi connectivity index (χ2v) is 10.9. The third kappa shape index (κ3) is 6.16. The number of carbonyl (C=O) groups excluding carboxylic acids is 4. The molecule has 2 fully saturated rings. The van der Waals surface area contributed by atoms with E-state index in [1.165, 1.54) is 0 Å². The average molecular weight is 479 g/mol. The maximum atomic E-state index is 13.0. The minimum absolute atomic E-state index is 0.0234. The first-order chi connectivity index (χ1) is 16.6. The summed E-state index contributed by atoms with van der Waals surface area (Å²) in [5, 5.41) is 2.33. The molecule has 0 saturated carbocycles. The van der Waals surface area contributed by atoms with Crippen LogP contribution >= 0.6 is 0 Å². The normalized spacial score (nSPS) is 21.4. The summed E-state index contributed by atoms with van der Waals surface area (Å²) < 4.78 is 0. The number of Topliss-reactive ketones (excluding diaryl/α,β-unsaturated/α-hetero) is 1. The van der Waals surface area contributed by atoms with E-state index >= 15 is 0 Å².